The molecule has 3 rings (SSSR count). The van der Waals surface area contributed by atoms with Crippen molar-refractivity contribution < 1.29 is 9.13 Å². The van der Waals surface area contributed by atoms with Gasteiger partial charge in [-0.25, -0.2) is 14.4 Å². The summed E-state index contributed by atoms with van der Waals surface area (Å²) in [6.07, 6.45) is 7.14. The zero-order chi connectivity index (χ0) is 17.1. The first-order valence-corrected chi connectivity index (χ1v) is 8.15. The second kappa shape index (κ2) is 6.98. The summed E-state index contributed by atoms with van der Waals surface area (Å²) < 4.78 is 19.4. The lowest BCUT2D eigenvalue weighted by molar-refractivity contribution is 0.361. The van der Waals surface area contributed by atoms with Gasteiger partial charge in [-0.3, -0.25) is 0 Å². The number of rotatable bonds is 4. The Morgan fingerprint density at radius 3 is 2.62 bits per heavy atom. The number of nitrogen functional groups attached to an aromatic ring is 1. The molecule has 0 aliphatic heterocycles. The molecule has 1 aliphatic carbocycles. The minimum absolute atomic E-state index is 0.159. The molecule has 2 aromatic heterocycles. The third-order valence-electron chi connectivity index (χ3n) is 4.49. The van der Waals surface area contributed by atoms with E-state index in [0.717, 1.165) is 25.0 Å². The number of nitrogens with two attached hydrogens (primary N) is 1. The zero-order valence-corrected chi connectivity index (χ0v) is 13.9. The summed E-state index contributed by atoms with van der Waals surface area (Å²) in [6.45, 7) is 2.27. The maximum Gasteiger partial charge on any atom is 0.221 e. The molecule has 0 saturated heterocycles. The fourth-order valence-electron chi connectivity index (χ4n) is 3.04. The number of aromatic nitrogens is 3. The normalized spacial score (nSPS) is 20.6. The topological polar surface area (TPSA) is 86.0 Å². The Morgan fingerprint density at radius 2 is 1.92 bits per heavy atom. The molecule has 128 valence electrons. The number of nitrogens with one attached hydrogen (secondary N) is 1. The number of hydrogen-bond acceptors (Lipinski definition) is 6. The van der Waals surface area contributed by atoms with Crippen LogP contribution in [0, 0.1) is 11.7 Å². The lowest BCUT2D eigenvalue weighted by Crippen LogP contribution is -2.26. The lowest BCUT2D eigenvalue weighted by Gasteiger charge is -2.28. The Labute approximate surface area is 140 Å². The average molecular weight is 331 g/mol. The first kappa shape index (κ1) is 16.4. The highest BCUT2D eigenvalue weighted by atomic mass is 19.1. The molecular weight excluding hydrogens is 309 g/mol. The van der Waals surface area contributed by atoms with Gasteiger partial charge in [-0.15, -0.1) is 0 Å². The summed E-state index contributed by atoms with van der Waals surface area (Å²) in [7, 11) is 1.49. The van der Waals surface area contributed by atoms with Crippen LogP contribution in [0.4, 0.5) is 16.2 Å². The summed E-state index contributed by atoms with van der Waals surface area (Å²) in [5, 5.41) is 3.42. The maximum atomic E-state index is 14.3. The third-order valence-corrected chi connectivity index (χ3v) is 4.49. The average Bonchev–Trinajstić information content (AvgIpc) is 2.58. The SMILES string of the molecule is COc1cc(-c2cnc(N)nc2N[C@H]2CC[C@H](C)CC2)c(F)cn1. The van der Waals surface area contributed by atoms with Crippen LogP contribution in [0.2, 0.25) is 0 Å². The fraction of sp³-hybridized carbons (Fsp3) is 0.471. The smallest absolute Gasteiger partial charge is 0.221 e. The Balaban J connectivity index is 1.94. The summed E-state index contributed by atoms with van der Waals surface area (Å²) in [5.74, 6) is 1.34. The van der Waals surface area contributed by atoms with Crippen molar-refractivity contribution in [1.82, 2.24) is 15.0 Å². The monoisotopic (exact) mass is 331 g/mol. The minimum Gasteiger partial charge on any atom is -0.481 e. The molecule has 0 bridgehead atoms. The Hall–Kier alpha value is -2.44. The van der Waals surface area contributed by atoms with E-state index in [0.29, 0.717) is 28.9 Å². The molecule has 7 heteroatoms. The van der Waals surface area contributed by atoms with Crippen LogP contribution in [0.25, 0.3) is 11.1 Å². The van der Waals surface area contributed by atoms with Gasteiger partial charge in [-0.1, -0.05) is 6.92 Å². The highest BCUT2D eigenvalue weighted by Crippen LogP contribution is 2.33. The second-order valence-electron chi connectivity index (χ2n) is 6.30. The number of pyridine rings is 1. The zero-order valence-electron chi connectivity index (χ0n) is 13.9. The van der Waals surface area contributed by atoms with Crippen molar-refractivity contribution >= 4 is 11.8 Å². The van der Waals surface area contributed by atoms with E-state index in [4.69, 9.17) is 10.5 Å². The molecule has 0 atom stereocenters. The van der Waals surface area contributed by atoms with Gasteiger partial charge in [0.15, 0.2) is 0 Å². The maximum absolute atomic E-state index is 14.3. The van der Waals surface area contributed by atoms with E-state index in [-0.39, 0.29) is 5.95 Å². The number of halogens is 1. The minimum atomic E-state index is -0.454. The standard InChI is InChI=1S/C17H22FN5O/c1-10-3-5-11(6-4-10)22-16-13(8-21-17(19)23-16)12-7-15(24-2)20-9-14(12)18/h7-11H,3-6H2,1-2H3,(H3,19,21,22,23)/t10-,11-. The molecule has 0 unspecified atom stereocenters. The molecule has 2 aromatic rings. The predicted octanol–water partition coefficient (Wildman–Crippen LogP) is 3.26. The van der Waals surface area contributed by atoms with Crippen LogP contribution in [-0.2, 0) is 0 Å². The molecule has 0 amide bonds. The molecule has 0 aromatic carbocycles. The van der Waals surface area contributed by atoms with Gasteiger partial charge in [0.2, 0.25) is 11.8 Å². The second-order valence-corrected chi connectivity index (χ2v) is 6.30. The molecule has 0 radical (unpaired) electrons. The number of methoxy groups -OCH3 is 1. The van der Waals surface area contributed by atoms with Crippen molar-refractivity contribution in [2.45, 2.75) is 38.6 Å². The van der Waals surface area contributed by atoms with Crippen molar-refractivity contribution in [2.24, 2.45) is 5.92 Å². The number of ether oxygens (including phenoxy) is 1. The first-order valence-electron chi connectivity index (χ1n) is 8.15. The van der Waals surface area contributed by atoms with Crippen LogP contribution in [-0.4, -0.2) is 28.1 Å². The van der Waals surface area contributed by atoms with Gasteiger partial charge >= 0.3 is 0 Å². The molecular formula is C17H22FN5O. The van der Waals surface area contributed by atoms with Crippen molar-refractivity contribution in [3.8, 4) is 17.0 Å². The van der Waals surface area contributed by atoms with Crippen LogP contribution < -0.4 is 15.8 Å². The molecule has 1 fully saturated rings. The molecule has 6 nitrogen and oxygen atoms in total. The van der Waals surface area contributed by atoms with E-state index >= 15 is 0 Å². The lowest BCUT2D eigenvalue weighted by atomic mass is 9.87. The Morgan fingerprint density at radius 1 is 1.17 bits per heavy atom. The Bertz CT molecular complexity index is 716. The highest BCUT2D eigenvalue weighted by Gasteiger charge is 2.21. The quantitative estimate of drug-likeness (QED) is 0.894. The number of nitrogens with zero attached hydrogens (tertiary/aromatic N) is 3. The largest absolute Gasteiger partial charge is 0.481 e. The van der Waals surface area contributed by atoms with Gasteiger partial charge in [0.1, 0.15) is 11.6 Å². The van der Waals surface area contributed by atoms with E-state index in [1.807, 2.05) is 0 Å². The fourth-order valence-corrected chi connectivity index (χ4v) is 3.04. The van der Waals surface area contributed by atoms with Gasteiger partial charge < -0.3 is 15.8 Å². The van der Waals surface area contributed by atoms with E-state index in [2.05, 4.69) is 27.2 Å². The van der Waals surface area contributed by atoms with Crippen molar-refractivity contribution in [1.29, 1.82) is 0 Å². The predicted molar refractivity (Wildman–Crippen MR) is 91.2 cm³/mol. The first-order chi connectivity index (χ1) is 11.6. The molecule has 2 heterocycles. The van der Waals surface area contributed by atoms with Gasteiger partial charge in [0.05, 0.1) is 13.3 Å². The highest BCUT2D eigenvalue weighted by molar-refractivity contribution is 5.76. The van der Waals surface area contributed by atoms with E-state index in [9.17, 15) is 4.39 Å². The van der Waals surface area contributed by atoms with Gasteiger partial charge in [0, 0.05) is 29.4 Å². The molecule has 3 N–H and O–H groups in total. The van der Waals surface area contributed by atoms with E-state index < -0.39 is 5.82 Å². The molecule has 1 saturated carbocycles. The van der Waals surface area contributed by atoms with Crippen LogP contribution in [0.15, 0.2) is 18.5 Å². The van der Waals surface area contributed by atoms with Crippen LogP contribution >= 0.6 is 0 Å². The van der Waals surface area contributed by atoms with Crippen LogP contribution in [0.1, 0.15) is 32.6 Å². The van der Waals surface area contributed by atoms with Crippen LogP contribution in [0.5, 0.6) is 5.88 Å². The van der Waals surface area contributed by atoms with E-state index in [1.54, 1.807) is 6.07 Å². The van der Waals surface area contributed by atoms with Gasteiger partial charge in [-0.05, 0) is 31.6 Å². The van der Waals surface area contributed by atoms with E-state index in [1.165, 1.54) is 26.1 Å². The van der Waals surface area contributed by atoms with Crippen molar-refractivity contribution in [2.75, 3.05) is 18.2 Å². The summed E-state index contributed by atoms with van der Waals surface area (Å²) >= 11 is 0. The molecule has 24 heavy (non-hydrogen) atoms. The number of anilines is 2. The van der Waals surface area contributed by atoms with Crippen molar-refractivity contribution in [3.05, 3.63) is 24.3 Å². The summed E-state index contributed by atoms with van der Waals surface area (Å²) in [6, 6.07) is 1.85. The summed E-state index contributed by atoms with van der Waals surface area (Å²) in [5.41, 5.74) is 6.63. The summed E-state index contributed by atoms with van der Waals surface area (Å²) in [4.78, 5) is 12.2. The molecule has 0 spiro atoms. The number of hydrogen-bond donors (Lipinski definition) is 2. The van der Waals surface area contributed by atoms with Gasteiger partial charge in [0.25, 0.3) is 0 Å². The van der Waals surface area contributed by atoms with Crippen LogP contribution in [0.3, 0.4) is 0 Å². The van der Waals surface area contributed by atoms with Crippen molar-refractivity contribution in [3.63, 3.8) is 0 Å². The molecule has 1 aliphatic rings. The van der Waals surface area contributed by atoms with Gasteiger partial charge in [-0.2, -0.15) is 4.98 Å². The third kappa shape index (κ3) is 3.55. The Kier molecular flexibility index (Phi) is 4.78.